The Morgan fingerprint density at radius 1 is 1.00 bits per heavy atom. The summed E-state index contributed by atoms with van der Waals surface area (Å²) in [7, 11) is -1.40. The summed E-state index contributed by atoms with van der Waals surface area (Å²) in [6, 6.07) is 20.2. The van der Waals surface area contributed by atoms with Gasteiger partial charge < -0.3 is 9.64 Å². The number of anilines is 1. The van der Waals surface area contributed by atoms with Crippen LogP contribution in [0.1, 0.15) is 28.9 Å². The fourth-order valence-corrected chi connectivity index (χ4v) is 6.32. The fourth-order valence-electron chi connectivity index (χ4n) is 3.97. The second-order valence-corrected chi connectivity index (χ2v) is 11.3. The molecule has 3 aromatic rings. The molecule has 0 spiro atoms. The van der Waals surface area contributed by atoms with Crippen molar-refractivity contribution in [2.24, 2.45) is 0 Å². The lowest BCUT2D eigenvalue weighted by molar-refractivity contribution is -0.385. The van der Waals surface area contributed by atoms with Crippen LogP contribution in [-0.4, -0.2) is 53.4 Å². The Hall–Kier alpha value is -3.56. The molecule has 3 aromatic carbocycles. The van der Waals surface area contributed by atoms with Crippen molar-refractivity contribution in [1.82, 2.24) is 9.34 Å². The van der Waals surface area contributed by atoms with E-state index in [1.807, 2.05) is 39.7 Å². The lowest BCUT2D eigenvalue weighted by Gasteiger charge is -2.24. The summed E-state index contributed by atoms with van der Waals surface area (Å²) >= 11 is 0. The van der Waals surface area contributed by atoms with Crippen molar-refractivity contribution in [3.63, 3.8) is 0 Å². The summed E-state index contributed by atoms with van der Waals surface area (Å²) in [5.41, 5.74) is 1.48. The first-order chi connectivity index (χ1) is 17.8. The van der Waals surface area contributed by atoms with Crippen LogP contribution in [0.25, 0.3) is 0 Å². The Kier molecular flexibility index (Phi) is 6.83. The van der Waals surface area contributed by atoms with Crippen molar-refractivity contribution in [2.45, 2.75) is 13.0 Å². The number of nitro benzene ring substituents is 1. The number of carbonyl (C=O) groups excluding carboxylic acids is 1. The molecule has 0 N–H and O–H groups in total. The van der Waals surface area contributed by atoms with Crippen LogP contribution in [0.3, 0.4) is 0 Å². The maximum absolute atomic E-state index is 13.4. The molecule has 0 saturated carbocycles. The van der Waals surface area contributed by atoms with E-state index in [0.29, 0.717) is 11.1 Å². The summed E-state index contributed by atoms with van der Waals surface area (Å²) in [6.07, 6.45) is -0.581. The zero-order valence-electron chi connectivity index (χ0n) is 20.5. The molecule has 0 radical (unpaired) electrons. The van der Waals surface area contributed by atoms with E-state index < -0.39 is 18.7 Å². The molecular formula is C26H27N4O6P. The van der Waals surface area contributed by atoms with Crippen LogP contribution in [0.2, 0.25) is 0 Å². The molecule has 2 heterocycles. The second kappa shape index (κ2) is 10.1. The molecule has 11 heteroatoms. The molecule has 192 valence electrons. The summed E-state index contributed by atoms with van der Waals surface area (Å²) in [6.45, 7) is 4.67. The largest absolute Gasteiger partial charge is 0.450 e. The molecule has 1 unspecified atom stereocenters. The summed E-state index contributed by atoms with van der Waals surface area (Å²) in [5, 5.41) is 11.7. The molecule has 2 fully saturated rings. The van der Waals surface area contributed by atoms with Crippen LogP contribution in [0, 0.1) is 10.1 Å². The molecule has 5 rings (SSSR count). The molecule has 0 bridgehead atoms. The first kappa shape index (κ1) is 25.1. The van der Waals surface area contributed by atoms with E-state index >= 15 is 0 Å². The number of nitro groups is 1. The third-order valence-electron chi connectivity index (χ3n) is 6.26. The van der Waals surface area contributed by atoms with E-state index in [-0.39, 0.29) is 23.1 Å². The van der Waals surface area contributed by atoms with E-state index in [0.717, 1.165) is 31.9 Å². The van der Waals surface area contributed by atoms with Crippen molar-refractivity contribution < 1.29 is 23.5 Å². The van der Waals surface area contributed by atoms with Gasteiger partial charge in [0.1, 0.15) is 5.75 Å². The van der Waals surface area contributed by atoms with E-state index in [1.165, 1.54) is 17.0 Å². The minimum Gasteiger partial charge on any atom is -0.450 e. The average Bonchev–Trinajstić information content (AvgIpc) is 3.80. The number of hydrogen-bond acceptors (Lipinski definition) is 6. The molecule has 2 aliphatic heterocycles. The molecule has 2 aliphatic rings. The van der Waals surface area contributed by atoms with Crippen LogP contribution in [0.5, 0.6) is 11.5 Å². The minimum atomic E-state index is -3.08. The minimum absolute atomic E-state index is 0.00671. The molecule has 0 aromatic heterocycles. The number of rotatable bonds is 10. The number of benzene rings is 3. The Balaban J connectivity index is 1.38. The van der Waals surface area contributed by atoms with Crippen molar-refractivity contribution >= 4 is 25.0 Å². The van der Waals surface area contributed by atoms with Gasteiger partial charge in [-0.15, -0.1) is 0 Å². The molecule has 37 heavy (non-hydrogen) atoms. The first-order valence-corrected chi connectivity index (χ1v) is 13.5. The number of ether oxygens (including phenoxy) is 1. The Labute approximate surface area is 214 Å². The van der Waals surface area contributed by atoms with Crippen LogP contribution in [0.15, 0.2) is 72.8 Å². The Morgan fingerprint density at radius 2 is 1.68 bits per heavy atom. The zero-order valence-corrected chi connectivity index (χ0v) is 21.4. The van der Waals surface area contributed by atoms with Gasteiger partial charge in [-0.1, -0.05) is 24.3 Å². The summed E-state index contributed by atoms with van der Waals surface area (Å²) < 4.78 is 29.0. The molecule has 0 aliphatic carbocycles. The van der Waals surface area contributed by atoms with E-state index in [1.54, 1.807) is 44.3 Å². The van der Waals surface area contributed by atoms with Gasteiger partial charge in [-0.3, -0.25) is 24.0 Å². The first-order valence-electron chi connectivity index (χ1n) is 11.9. The SMILES string of the molecule is CC(OP(=O)(N1CC1)N1CC1)c1ccc([N+](=O)[O-])c(Oc2cccc(C(=O)N(C)c3ccccc3)c2)c1. The standard InChI is InChI=1S/C26H27N4O6P/c1-19(36-37(34,28-13-14-28)29-15-16-29)20-11-12-24(30(32)33)25(18-20)35-23-10-6-7-21(17-23)26(31)27(2)22-8-4-3-5-9-22/h3-12,17-19H,13-16H2,1-2H3. The van der Waals surface area contributed by atoms with Gasteiger partial charge in [-0.2, -0.15) is 0 Å². The number of amides is 1. The van der Waals surface area contributed by atoms with E-state index in [4.69, 9.17) is 9.26 Å². The van der Waals surface area contributed by atoms with Crippen LogP contribution < -0.4 is 9.64 Å². The Morgan fingerprint density at radius 3 is 2.30 bits per heavy atom. The number of hydrogen-bond donors (Lipinski definition) is 0. The van der Waals surface area contributed by atoms with Gasteiger partial charge in [0.2, 0.25) is 5.75 Å². The zero-order chi connectivity index (χ0) is 26.2. The number of para-hydroxylation sites is 1. The third-order valence-corrected chi connectivity index (χ3v) is 9.08. The normalized spacial score (nSPS) is 16.2. The van der Waals surface area contributed by atoms with Gasteiger partial charge in [0.25, 0.3) is 5.91 Å². The van der Waals surface area contributed by atoms with Gasteiger partial charge in [-0.25, -0.2) is 9.34 Å². The topological polar surface area (TPSA) is 105 Å². The van der Waals surface area contributed by atoms with E-state index in [2.05, 4.69) is 0 Å². The summed E-state index contributed by atoms with van der Waals surface area (Å²) in [4.78, 5) is 25.7. The third kappa shape index (κ3) is 5.42. The highest BCUT2D eigenvalue weighted by atomic mass is 31.2. The number of nitrogens with zero attached hydrogens (tertiary/aromatic N) is 4. The molecule has 2 saturated heterocycles. The van der Waals surface area contributed by atoms with E-state index in [9.17, 15) is 19.5 Å². The van der Waals surface area contributed by atoms with Crippen LogP contribution in [0.4, 0.5) is 11.4 Å². The quantitative estimate of drug-likeness (QED) is 0.149. The molecule has 1 atom stereocenters. The van der Waals surface area contributed by atoms with Crippen LogP contribution in [-0.2, 0) is 9.09 Å². The molecule has 10 nitrogen and oxygen atoms in total. The summed E-state index contributed by atoms with van der Waals surface area (Å²) in [5.74, 6) is 0.0371. The predicted octanol–water partition coefficient (Wildman–Crippen LogP) is 5.48. The maximum Gasteiger partial charge on any atom is 0.346 e. The van der Waals surface area contributed by atoms with Crippen molar-refractivity contribution in [1.29, 1.82) is 0 Å². The predicted molar refractivity (Wildman–Crippen MR) is 139 cm³/mol. The van der Waals surface area contributed by atoms with Crippen molar-refractivity contribution in [3.05, 3.63) is 94.0 Å². The average molecular weight is 522 g/mol. The van der Waals surface area contributed by atoms with Gasteiger partial charge in [0.15, 0.2) is 0 Å². The highest BCUT2D eigenvalue weighted by Crippen LogP contribution is 2.63. The van der Waals surface area contributed by atoms with Crippen molar-refractivity contribution in [3.8, 4) is 11.5 Å². The molecular weight excluding hydrogens is 495 g/mol. The highest BCUT2D eigenvalue weighted by molar-refractivity contribution is 7.54. The lowest BCUT2D eigenvalue weighted by Crippen LogP contribution is -2.26. The lowest BCUT2D eigenvalue weighted by atomic mass is 10.1. The second-order valence-electron chi connectivity index (χ2n) is 8.96. The highest BCUT2D eigenvalue weighted by Gasteiger charge is 2.50. The monoisotopic (exact) mass is 522 g/mol. The molecule has 1 amide bonds. The van der Waals surface area contributed by atoms with Gasteiger partial charge in [0, 0.05) is 50.5 Å². The van der Waals surface area contributed by atoms with Crippen molar-refractivity contribution in [2.75, 3.05) is 38.1 Å². The maximum atomic E-state index is 13.4. The van der Waals surface area contributed by atoms with Gasteiger partial charge in [-0.05, 0) is 55.0 Å². The van der Waals surface area contributed by atoms with Gasteiger partial charge >= 0.3 is 13.4 Å². The van der Waals surface area contributed by atoms with Crippen LogP contribution >= 0.6 is 7.67 Å². The number of carbonyl (C=O) groups is 1. The fraction of sp³-hybridized carbons (Fsp3) is 0.269. The smallest absolute Gasteiger partial charge is 0.346 e. The Bertz CT molecular complexity index is 1360. The van der Waals surface area contributed by atoms with Gasteiger partial charge in [0.05, 0.1) is 11.0 Å².